The van der Waals surface area contributed by atoms with Gasteiger partial charge in [0.25, 0.3) is 5.91 Å². The monoisotopic (exact) mass is 386 g/mol. The van der Waals surface area contributed by atoms with Crippen LogP contribution in [0.3, 0.4) is 0 Å². The number of imidazole rings is 1. The smallest absolute Gasteiger partial charge is 0.254 e. The zero-order chi connectivity index (χ0) is 19.8. The number of hydrogen-bond acceptors (Lipinski definition) is 4. The Labute approximate surface area is 168 Å². The summed E-state index contributed by atoms with van der Waals surface area (Å²) in [7, 11) is 0. The van der Waals surface area contributed by atoms with Crippen molar-refractivity contribution in [1.29, 1.82) is 0 Å². The van der Waals surface area contributed by atoms with Crippen LogP contribution in [0.15, 0.2) is 54.9 Å². The van der Waals surface area contributed by atoms with E-state index in [1.54, 1.807) is 6.33 Å². The standard InChI is InChI=1S/C22H22N6O/c1-15-12-27(22(29)17-8-9-18-19(11-17)24-14-23-18)13-21-26-25-20(28(15)21)10-7-16-5-3-2-4-6-16/h2-6,8-9,11,14-15H,7,10,12-13H2,1H3,(H,23,24)/t15-/m0/s1. The van der Waals surface area contributed by atoms with Crippen LogP contribution in [0.5, 0.6) is 0 Å². The Morgan fingerprint density at radius 3 is 2.86 bits per heavy atom. The minimum atomic E-state index is 0.00781. The largest absolute Gasteiger partial charge is 0.345 e. The van der Waals surface area contributed by atoms with Crippen LogP contribution < -0.4 is 0 Å². The Bertz CT molecular complexity index is 1160. The minimum Gasteiger partial charge on any atom is -0.345 e. The number of benzene rings is 2. The molecule has 7 nitrogen and oxygen atoms in total. The van der Waals surface area contributed by atoms with E-state index in [0.29, 0.717) is 18.7 Å². The molecule has 0 unspecified atom stereocenters. The van der Waals surface area contributed by atoms with E-state index in [1.165, 1.54) is 5.56 Å². The van der Waals surface area contributed by atoms with Crippen LogP contribution in [0, 0.1) is 0 Å². The molecule has 1 aliphatic rings. The first kappa shape index (κ1) is 17.6. The van der Waals surface area contributed by atoms with E-state index in [4.69, 9.17) is 0 Å². The van der Waals surface area contributed by atoms with Gasteiger partial charge in [-0.3, -0.25) is 4.79 Å². The number of carbonyl (C=O) groups is 1. The number of nitrogens with zero attached hydrogens (tertiary/aromatic N) is 5. The van der Waals surface area contributed by atoms with Crippen LogP contribution >= 0.6 is 0 Å². The molecule has 0 saturated heterocycles. The Kier molecular flexibility index (Phi) is 4.35. The summed E-state index contributed by atoms with van der Waals surface area (Å²) < 4.78 is 2.20. The fourth-order valence-electron chi connectivity index (χ4n) is 4.09. The maximum absolute atomic E-state index is 13.1. The minimum absolute atomic E-state index is 0.00781. The number of H-pyrrole nitrogens is 1. The predicted octanol–water partition coefficient (Wildman–Crippen LogP) is 3.16. The third kappa shape index (κ3) is 3.29. The molecule has 4 aromatic rings. The summed E-state index contributed by atoms with van der Waals surface area (Å²) in [6, 6.07) is 16.1. The number of carbonyl (C=O) groups excluding carboxylic acids is 1. The predicted molar refractivity (Wildman–Crippen MR) is 109 cm³/mol. The van der Waals surface area contributed by atoms with Gasteiger partial charge in [0.2, 0.25) is 0 Å². The van der Waals surface area contributed by atoms with E-state index in [2.05, 4.69) is 55.9 Å². The van der Waals surface area contributed by atoms with Gasteiger partial charge in [-0.15, -0.1) is 10.2 Å². The molecule has 1 atom stereocenters. The maximum atomic E-state index is 13.1. The number of aryl methyl sites for hydroxylation is 2. The fraction of sp³-hybridized carbons (Fsp3) is 0.273. The Hall–Kier alpha value is -3.48. The number of nitrogens with one attached hydrogen (secondary N) is 1. The average molecular weight is 386 g/mol. The molecule has 0 bridgehead atoms. The molecule has 1 amide bonds. The van der Waals surface area contributed by atoms with Crippen LogP contribution in [0.25, 0.3) is 11.0 Å². The summed E-state index contributed by atoms with van der Waals surface area (Å²) >= 11 is 0. The molecular formula is C22H22N6O. The molecule has 0 saturated carbocycles. The fourth-order valence-corrected chi connectivity index (χ4v) is 4.09. The van der Waals surface area contributed by atoms with Gasteiger partial charge in [-0.2, -0.15) is 0 Å². The highest BCUT2D eigenvalue weighted by atomic mass is 16.2. The lowest BCUT2D eigenvalue weighted by atomic mass is 10.1. The maximum Gasteiger partial charge on any atom is 0.254 e. The normalized spacial score (nSPS) is 16.2. The molecule has 0 radical (unpaired) electrons. The summed E-state index contributed by atoms with van der Waals surface area (Å²) in [6.07, 6.45) is 3.41. The number of aromatic nitrogens is 5. The van der Waals surface area contributed by atoms with Crippen molar-refractivity contribution in [1.82, 2.24) is 29.6 Å². The first-order valence-corrected chi connectivity index (χ1v) is 9.88. The van der Waals surface area contributed by atoms with E-state index in [0.717, 1.165) is 35.5 Å². The second-order valence-corrected chi connectivity index (χ2v) is 7.56. The molecule has 5 rings (SSSR count). The van der Waals surface area contributed by atoms with Crippen LogP contribution in [-0.4, -0.2) is 42.1 Å². The number of amides is 1. The Morgan fingerprint density at radius 1 is 1.14 bits per heavy atom. The molecule has 2 aromatic heterocycles. The van der Waals surface area contributed by atoms with Crippen LogP contribution in [0.1, 0.15) is 40.5 Å². The molecule has 3 heterocycles. The zero-order valence-corrected chi connectivity index (χ0v) is 16.2. The van der Waals surface area contributed by atoms with Crippen molar-refractivity contribution >= 4 is 16.9 Å². The van der Waals surface area contributed by atoms with Gasteiger partial charge in [-0.25, -0.2) is 4.98 Å². The molecule has 1 aliphatic heterocycles. The number of rotatable bonds is 4. The summed E-state index contributed by atoms with van der Waals surface area (Å²) in [4.78, 5) is 22.2. The SMILES string of the molecule is C[C@H]1CN(C(=O)c2ccc3nc[nH]c3c2)Cc2nnc(CCc3ccccc3)n21. The number of fused-ring (bicyclic) bond motifs is 2. The molecule has 0 spiro atoms. The average Bonchev–Trinajstić information content (AvgIpc) is 3.39. The van der Waals surface area contributed by atoms with Crippen molar-refractivity contribution in [3.8, 4) is 0 Å². The van der Waals surface area contributed by atoms with Crippen LogP contribution in [0.2, 0.25) is 0 Å². The molecule has 146 valence electrons. The first-order chi connectivity index (χ1) is 14.2. The van der Waals surface area contributed by atoms with Gasteiger partial charge < -0.3 is 14.5 Å². The molecule has 1 N–H and O–H groups in total. The number of hydrogen-bond donors (Lipinski definition) is 1. The van der Waals surface area contributed by atoms with Gasteiger partial charge in [-0.1, -0.05) is 30.3 Å². The van der Waals surface area contributed by atoms with Crippen molar-refractivity contribution in [2.24, 2.45) is 0 Å². The van der Waals surface area contributed by atoms with Gasteiger partial charge in [0.05, 0.1) is 29.9 Å². The third-order valence-corrected chi connectivity index (χ3v) is 5.53. The van der Waals surface area contributed by atoms with Crippen molar-refractivity contribution < 1.29 is 4.79 Å². The molecule has 2 aromatic carbocycles. The van der Waals surface area contributed by atoms with E-state index in [1.807, 2.05) is 29.2 Å². The Morgan fingerprint density at radius 2 is 2.00 bits per heavy atom. The van der Waals surface area contributed by atoms with E-state index >= 15 is 0 Å². The van der Waals surface area contributed by atoms with Crippen LogP contribution in [0.4, 0.5) is 0 Å². The topological polar surface area (TPSA) is 79.7 Å². The van der Waals surface area contributed by atoms with Gasteiger partial charge >= 0.3 is 0 Å². The van der Waals surface area contributed by atoms with E-state index in [9.17, 15) is 4.79 Å². The highest BCUT2D eigenvalue weighted by Gasteiger charge is 2.29. The third-order valence-electron chi connectivity index (χ3n) is 5.53. The molecule has 29 heavy (non-hydrogen) atoms. The molecule has 0 fully saturated rings. The van der Waals surface area contributed by atoms with Gasteiger partial charge in [-0.05, 0) is 37.1 Å². The molecule has 7 heteroatoms. The van der Waals surface area contributed by atoms with Crippen molar-refractivity contribution in [2.45, 2.75) is 32.4 Å². The van der Waals surface area contributed by atoms with Crippen molar-refractivity contribution in [3.05, 3.63) is 77.6 Å². The van der Waals surface area contributed by atoms with Gasteiger partial charge in [0.1, 0.15) is 5.82 Å². The van der Waals surface area contributed by atoms with Gasteiger partial charge in [0, 0.05) is 18.5 Å². The summed E-state index contributed by atoms with van der Waals surface area (Å²) in [5.74, 6) is 1.85. The summed E-state index contributed by atoms with van der Waals surface area (Å²) in [5, 5.41) is 8.82. The lowest BCUT2D eigenvalue weighted by molar-refractivity contribution is 0.0680. The second-order valence-electron chi connectivity index (χ2n) is 7.56. The lowest BCUT2D eigenvalue weighted by Gasteiger charge is -2.32. The van der Waals surface area contributed by atoms with Crippen molar-refractivity contribution in [3.63, 3.8) is 0 Å². The van der Waals surface area contributed by atoms with Crippen molar-refractivity contribution in [2.75, 3.05) is 6.54 Å². The lowest BCUT2D eigenvalue weighted by Crippen LogP contribution is -2.40. The second kappa shape index (κ2) is 7.16. The summed E-state index contributed by atoms with van der Waals surface area (Å²) in [5.41, 5.74) is 3.68. The first-order valence-electron chi connectivity index (χ1n) is 9.88. The number of aromatic amines is 1. The van der Waals surface area contributed by atoms with E-state index in [-0.39, 0.29) is 11.9 Å². The highest BCUT2D eigenvalue weighted by molar-refractivity contribution is 5.97. The molecular weight excluding hydrogens is 364 g/mol. The van der Waals surface area contributed by atoms with E-state index < -0.39 is 0 Å². The zero-order valence-electron chi connectivity index (χ0n) is 16.2. The quantitative estimate of drug-likeness (QED) is 0.584. The summed E-state index contributed by atoms with van der Waals surface area (Å²) in [6.45, 7) is 3.24. The van der Waals surface area contributed by atoms with Gasteiger partial charge in [0.15, 0.2) is 5.82 Å². The molecule has 0 aliphatic carbocycles. The van der Waals surface area contributed by atoms with Crippen LogP contribution in [-0.2, 0) is 19.4 Å². The Balaban J connectivity index is 1.34. The highest BCUT2D eigenvalue weighted by Crippen LogP contribution is 2.24.